The van der Waals surface area contributed by atoms with E-state index in [1.807, 2.05) is 0 Å². The summed E-state index contributed by atoms with van der Waals surface area (Å²) in [5.41, 5.74) is 1.47. The Morgan fingerprint density at radius 1 is 0.325 bits per heavy atom. The fourth-order valence-electron chi connectivity index (χ4n) is 2.74. The lowest BCUT2D eigenvalue weighted by atomic mass is 10.1. The summed E-state index contributed by atoms with van der Waals surface area (Å²) >= 11 is 50.0. The van der Waals surface area contributed by atoms with Gasteiger partial charge in [0.25, 0.3) is 0 Å². The summed E-state index contributed by atoms with van der Waals surface area (Å²) in [6.07, 6.45) is 0. The molecular weight excluding hydrogens is 1440 g/mol. The van der Waals surface area contributed by atoms with Crippen LogP contribution in [0.3, 0.4) is 0 Å². The predicted octanol–water partition coefficient (Wildman–Crippen LogP) is 15.2. The molecule has 0 aromatic heterocycles. The van der Waals surface area contributed by atoms with Crippen LogP contribution in [-0.2, 0) is 0 Å². The predicted molar refractivity (Wildman–Crippen MR) is 212 cm³/mol. The number of rotatable bonds is 4. The van der Waals surface area contributed by atoms with Gasteiger partial charge in [0.05, 0.1) is 46.9 Å². The van der Waals surface area contributed by atoms with Crippen LogP contribution in [-0.4, -0.2) is 13.2 Å². The van der Waals surface area contributed by atoms with E-state index in [-0.39, 0.29) is 13.2 Å². The number of hydrogen-bond acceptors (Lipinski definition) is 2. The van der Waals surface area contributed by atoms with Crippen molar-refractivity contribution in [3.8, 4) is 35.2 Å². The van der Waals surface area contributed by atoms with Crippen molar-refractivity contribution in [2.75, 3.05) is 13.2 Å². The van der Waals surface area contributed by atoms with Crippen LogP contribution in [0.25, 0.3) is 0 Å². The molecule has 0 spiro atoms. The lowest BCUT2D eigenvalue weighted by Gasteiger charge is -2.13. The monoisotopic (exact) mass is 1430 g/mol. The third-order valence-electron chi connectivity index (χ3n) is 4.61. The topological polar surface area (TPSA) is 18.5 Å². The van der Waals surface area contributed by atoms with E-state index >= 15 is 0 Å². The molecule has 0 unspecified atom stereocenters. The Labute approximate surface area is 348 Å². The van der Waals surface area contributed by atoms with Crippen LogP contribution < -0.4 is 9.47 Å². The molecule has 0 saturated heterocycles. The molecule has 0 aliphatic carbocycles. The normalized spacial score (nSPS) is 10.6. The maximum atomic E-state index is 5.96. The first-order chi connectivity index (χ1) is 18.7. The lowest BCUT2D eigenvalue weighted by molar-refractivity contribution is 0.364. The largest absolute Gasteiger partial charge is 0.478 e. The summed E-state index contributed by atoms with van der Waals surface area (Å²) in [7, 11) is 0. The third kappa shape index (κ3) is 8.32. The minimum absolute atomic E-state index is 0.151. The Kier molecular flexibility index (Phi) is 15.8. The second-order valence-corrected chi connectivity index (χ2v) is 18.1. The first kappa shape index (κ1) is 37.6. The van der Waals surface area contributed by atoms with Crippen LogP contribution in [0.1, 0.15) is 11.1 Å². The highest BCUT2D eigenvalue weighted by Crippen LogP contribution is 2.50. The van der Waals surface area contributed by atoms with Gasteiger partial charge in [-0.1, -0.05) is 23.7 Å². The van der Waals surface area contributed by atoms with Gasteiger partial charge in [-0.2, -0.15) is 0 Å². The molecule has 40 heavy (non-hydrogen) atoms. The van der Waals surface area contributed by atoms with Crippen molar-refractivity contribution < 1.29 is 9.47 Å². The van der Waals surface area contributed by atoms with E-state index in [2.05, 4.69) is 247 Å². The molecule has 3 aromatic carbocycles. The highest BCUT2D eigenvalue weighted by molar-refractivity contribution is 9.16. The summed E-state index contributed by atoms with van der Waals surface area (Å²) in [4.78, 5) is 0. The van der Waals surface area contributed by atoms with Gasteiger partial charge in [-0.25, -0.2) is 0 Å². The van der Waals surface area contributed by atoms with Gasteiger partial charge in [0.2, 0.25) is 0 Å². The summed E-state index contributed by atoms with van der Waals surface area (Å²) in [6, 6.07) is 0. The maximum absolute atomic E-state index is 5.96. The SMILES string of the molecule is Brc1c(Br)c(Br)c(OCC#Cc2c(Br)c(Br)c(C#CCOc3c(Br)c(Br)c(Br)c(Br)c3Br)c(Br)c2Br)c(Br)c1Br. The Hall–Kier alpha value is 3.10. The summed E-state index contributed by atoms with van der Waals surface area (Å²) < 4.78 is 23.0. The average molecular weight is 1440 g/mol. The van der Waals surface area contributed by atoms with Crippen LogP contribution in [0.4, 0.5) is 0 Å². The van der Waals surface area contributed by atoms with Crippen LogP contribution in [0.5, 0.6) is 11.5 Å². The van der Waals surface area contributed by atoms with Crippen molar-refractivity contribution in [3.63, 3.8) is 0 Å². The van der Waals surface area contributed by atoms with Crippen LogP contribution in [0, 0.1) is 23.7 Å². The molecule has 16 heteroatoms. The van der Waals surface area contributed by atoms with Crippen LogP contribution in [0.2, 0.25) is 0 Å². The van der Waals surface area contributed by atoms with Gasteiger partial charge in [-0.3, -0.25) is 0 Å². The molecule has 0 atom stereocenters. The van der Waals surface area contributed by atoms with Gasteiger partial charge in [0, 0.05) is 26.8 Å². The Bertz CT molecular complexity index is 1450. The number of hydrogen-bond donors (Lipinski definition) is 0. The zero-order chi connectivity index (χ0) is 30.0. The smallest absolute Gasteiger partial charge is 0.151 e. The van der Waals surface area contributed by atoms with E-state index in [1.54, 1.807) is 0 Å². The number of benzene rings is 3. The van der Waals surface area contributed by atoms with Gasteiger partial charge in [0.15, 0.2) is 11.5 Å². The molecular formula is C24H4Br14O2. The zero-order valence-corrected chi connectivity index (χ0v) is 40.7. The summed E-state index contributed by atoms with van der Waals surface area (Å²) in [5.74, 6) is 13.7. The first-order valence-corrected chi connectivity index (χ1v) is 20.9. The molecule has 0 amide bonds. The maximum Gasteiger partial charge on any atom is 0.151 e. The third-order valence-corrected chi connectivity index (χ3v) is 20.9. The zero-order valence-electron chi connectivity index (χ0n) is 18.5. The second-order valence-electron chi connectivity index (χ2n) is 6.98. The molecule has 0 N–H and O–H groups in total. The molecule has 0 saturated carbocycles. The van der Waals surface area contributed by atoms with E-state index < -0.39 is 0 Å². The summed E-state index contributed by atoms with van der Waals surface area (Å²) in [6.45, 7) is 0.302. The Balaban J connectivity index is 1.83. The molecule has 0 aliphatic heterocycles. The number of halogens is 14. The van der Waals surface area contributed by atoms with Crippen molar-refractivity contribution in [1.82, 2.24) is 0 Å². The van der Waals surface area contributed by atoms with Gasteiger partial charge >= 0.3 is 0 Å². The second kappa shape index (κ2) is 16.8. The quantitative estimate of drug-likeness (QED) is 0.147. The van der Waals surface area contributed by atoms with Crippen molar-refractivity contribution in [1.29, 1.82) is 0 Å². The van der Waals surface area contributed by atoms with Crippen molar-refractivity contribution in [2.45, 2.75) is 0 Å². The molecule has 0 bridgehead atoms. The fraction of sp³-hybridized carbons (Fsp3) is 0.0833. The minimum atomic E-state index is 0.151. The van der Waals surface area contributed by atoms with Gasteiger partial charge < -0.3 is 9.47 Å². The van der Waals surface area contributed by atoms with Crippen molar-refractivity contribution in [2.24, 2.45) is 0 Å². The molecule has 3 aromatic rings. The standard InChI is InChI=1S/C24H4Br14O2/c25-9-7(3-1-5-39-23-19(35)15(31)13(29)16(32)20(23)36)10(26)12(28)8(11(9)27)4-2-6-40-24-21(37)17(33)14(30)18(34)22(24)38/h5-6H2. The average Bonchev–Trinajstić information content (AvgIpc) is 2.94. The Morgan fingerprint density at radius 2 is 0.550 bits per heavy atom. The first-order valence-electron chi connectivity index (χ1n) is 9.84. The van der Waals surface area contributed by atoms with E-state index in [0.717, 1.165) is 73.7 Å². The van der Waals surface area contributed by atoms with Gasteiger partial charge in [0.1, 0.15) is 13.2 Å². The van der Waals surface area contributed by atoms with Gasteiger partial charge in [-0.15, -0.1) is 0 Å². The Morgan fingerprint density at radius 3 is 0.800 bits per heavy atom. The molecule has 0 aliphatic rings. The lowest BCUT2D eigenvalue weighted by Crippen LogP contribution is -1.99. The molecule has 0 radical (unpaired) electrons. The number of ether oxygens (including phenoxy) is 2. The van der Waals surface area contributed by atoms with Crippen molar-refractivity contribution in [3.05, 3.63) is 73.7 Å². The van der Waals surface area contributed by atoms with Crippen molar-refractivity contribution >= 4 is 223 Å². The summed E-state index contributed by atoms with van der Waals surface area (Å²) in [5, 5.41) is 0. The van der Waals surface area contributed by atoms with E-state index in [9.17, 15) is 0 Å². The molecule has 210 valence electrons. The fourth-order valence-corrected chi connectivity index (χ4v) is 11.7. The van der Waals surface area contributed by atoms with Crippen LogP contribution >= 0.6 is 223 Å². The molecule has 3 rings (SSSR count). The highest BCUT2D eigenvalue weighted by Gasteiger charge is 2.20. The molecule has 0 fully saturated rings. The van der Waals surface area contributed by atoms with E-state index in [0.29, 0.717) is 11.5 Å². The van der Waals surface area contributed by atoms with E-state index in [4.69, 9.17) is 9.47 Å². The highest BCUT2D eigenvalue weighted by atomic mass is 79.9. The molecule has 0 heterocycles. The van der Waals surface area contributed by atoms with Gasteiger partial charge in [-0.05, 0) is 223 Å². The molecule has 2 nitrogen and oxygen atoms in total. The van der Waals surface area contributed by atoms with E-state index in [1.165, 1.54) is 0 Å². The minimum Gasteiger partial charge on any atom is -0.478 e. The van der Waals surface area contributed by atoms with Crippen LogP contribution in [0.15, 0.2) is 62.6 Å².